The average Bonchev–Trinajstić information content (AvgIpc) is 3.03. The second-order valence-corrected chi connectivity index (χ2v) is 15.0. The van der Waals surface area contributed by atoms with Crippen LogP contribution in [0.4, 0.5) is 0 Å². The molecular weight excluding hydrogens is 568 g/mol. The Morgan fingerprint density at radius 1 is 0.955 bits per heavy atom. The topological polar surface area (TPSA) is 65.0 Å². The van der Waals surface area contributed by atoms with Crippen LogP contribution >= 0.6 is 11.8 Å². The summed E-state index contributed by atoms with van der Waals surface area (Å²) in [6.07, 6.45) is 4.18. The Balaban J connectivity index is 1.18. The van der Waals surface area contributed by atoms with Crippen molar-refractivity contribution in [2.45, 2.75) is 94.8 Å². The van der Waals surface area contributed by atoms with Gasteiger partial charge in [0, 0.05) is 35.3 Å². The molecule has 6 heteroatoms. The molecule has 0 saturated carbocycles. The number of benzene rings is 3. The highest BCUT2D eigenvalue weighted by atomic mass is 32.2. The summed E-state index contributed by atoms with van der Waals surface area (Å²) in [5.74, 6) is -0.508. The largest absolute Gasteiger partial charge is 0.507 e. The zero-order valence-corrected chi connectivity index (χ0v) is 27.8. The molecule has 2 saturated heterocycles. The van der Waals surface area contributed by atoms with Crippen molar-refractivity contribution in [3.63, 3.8) is 0 Å². The first-order valence-corrected chi connectivity index (χ1v) is 17.0. The number of aryl methyl sites for hydroxylation is 2. The Hall–Kier alpha value is -2.80. The molecule has 0 radical (unpaired) electrons. The van der Waals surface area contributed by atoms with Crippen LogP contribution in [0.15, 0.2) is 72.8 Å². The second-order valence-electron chi connectivity index (χ2n) is 13.6. The fourth-order valence-electron chi connectivity index (χ4n) is 6.54. The third-order valence-corrected chi connectivity index (χ3v) is 11.1. The van der Waals surface area contributed by atoms with E-state index in [1.807, 2.05) is 31.7 Å². The van der Waals surface area contributed by atoms with Gasteiger partial charge in [-0.3, -0.25) is 4.79 Å². The average molecular weight is 617 g/mol. The van der Waals surface area contributed by atoms with Gasteiger partial charge in [-0.1, -0.05) is 99.1 Å². The number of carbonyl (C=O) groups excluding carboxylic acids is 1. The van der Waals surface area contributed by atoms with Crippen LogP contribution in [0.25, 0.3) is 0 Å². The number of rotatable bonds is 10. The molecule has 2 atom stereocenters. The first kappa shape index (κ1) is 32.6. The van der Waals surface area contributed by atoms with Crippen LogP contribution in [-0.4, -0.2) is 36.7 Å². The molecule has 236 valence electrons. The highest BCUT2D eigenvalue weighted by Crippen LogP contribution is 2.56. The summed E-state index contributed by atoms with van der Waals surface area (Å²) in [7, 11) is 0. The standard InChI is InChI=1S/C38H48O5S/c1-6-37(24-41-34(39)18-13-19-36(4,5)31-21-27(2)20-28(3)35(31)40)25-42-38(43-26-37)22-32(29-14-9-7-10-15-29)44-33(23-38)30-16-11-8-12-17-30/h7-12,14-17,20-21,32-33,40H,6,13,18-19,22-26H2,1-5H3. The van der Waals surface area contributed by atoms with E-state index in [0.717, 1.165) is 42.4 Å². The third-order valence-electron chi connectivity index (χ3n) is 9.59. The Morgan fingerprint density at radius 3 is 2.07 bits per heavy atom. The Labute approximate surface area is 267 Å². The number of aromatic hydroxyl groups is 1. The maximum absolute atomic E-state index is 12.9. The summed E-state index contributed by atoms with van der Waals surface area (Å²) in [6.45, 7) is 11.6. The number of carbonyl (C=O) groups is 1. The van der Waals surface area contributed by atoms with Crippen molar-refractivity contribution in [3.8, 4) is 5.75 Å². The normalized spacial score (nSPS) is 25.6. The molecule has 0 bridgehead atoms. The number of thioether (sulfide) groups is 1. The molecule has 0 aliphatic carbocycles. The van der Waals surface area contributed by atoms with Gasteiger partial charge in [-0.25, -0.2) is 0 Å². The lowest BCUT2D eigenvalue weighted by Gasteiger charge is -2.50. The highest BCUT2D eigenvalue weighted by molar-refractivity contribution is 7.99. The number of esters is 1. The molecule has 1 N–H and O–H groups in total. The molecule has 3 aromatic rings. The summed E-state index contributed by atoms with van der Waals surface area (Å²) in [5.41, 5.74) is 4.92. The molecule has 1 spiro atoms. The van der Waals surface area contributed by atoms with Gasteiger partial charge in [0.15, 0.2) is 5.79 Å². The van der Waals surface area contributed by atoms with Crippen molar-refractivity contribution in [1.82, 2.24) is 0 Å². The lowest BCUT2D eigenvalue weighted by atomic mass is 9.78. The van der Waals surface area contributed by atoms with Gasteiger partial charge in [-0.15, -0.1) is 11.8 Å². The minimum atomic E-state index is -0.666. The lowest BCUT2D eigenvalue weighted by Crippen LogP contribution is -2.53. The number of phenols is 1. The van der Waals surface area contributed by atoms with Crippen molar-refractivity contribution in [1.29, 1.82) is 0 Å². The SMILES string of the molecule is CCC1(COC(=O)CCCC(C)(C)c2cc(C)cc(C)c2O)COC2(CC(c3ccccc3)SC(c3ccccc3)C2)OC1. The van der Waals surface area contributed by atoms with Crippen molar-refractivity contribution >= 4 is 17.7 Å². The molecule has 5 rings (SSSR count). The van der Waals surface area contributed by atoms with Gasteiger partial charge in [0.2, 0.25) is 0 Å². The maximum Gasteiger partial charge on any atom is 0.305 e. The molecule has 2 unspecified atom stereocenters. The Morgan fingerprint density at radius 2 is 1.52 bits per heavy atom. The molecule has 5 nitrogen and oxygen atoms in total. The van der Waals surface area contributed by atoms with Gasteiger partial charge in [-0.05, 0) is 55.2 Å². The van der Waals surface area contributed by atoms with E-state index in [0.29, 0.717) is 38.4 Å². The number of hydrogen-bond donors (Lipinski definition) is 1. The van der Waals surface area contributed by atoms with Gasteiger partial charge in [-0.2, -0.15) is 0 Å². The number of phenolic OH excluding ortho intramolecular Hbond substituents is 1. The monoisotopic (exact) mass is 616 g/mol. The van der Waals surface area contributed by atoms with Crippen LogP contribution in [0, 0.1) is 19.3 Å². The van der Waals surface area contributed by atoms with Gasteiger partial charge in [0.05, 0.1) is 18.6 Å². The third kappa shape index (κ3) is 7.52. The summed E-state index contributed by atoms with van der Waals surface area (Å²) < 4.78 is 19.3. The fraction of sp³-hybridized carbons (Fsp3) is 0.500. The molecular formula is C38H48O5S. The summed E-state index contributed by atoms with van der Waals surface area (Å²) in [6, 6.07) is 25.3. The lowest BCUT2D eigenvalue weighted by molar-refractivity contribution is -0.315. The van der Waals surface area contributed by atoms with E-state index >= 15 is 0 Å². The van der Waals surface area contributed by atoms with Crippen LogP contribution in [0.1, 0.15) is 97.6 Å². The minimum absolute atomic E-state index is 0.194. The smallest absolute Gasteiger partial charge is 0.305 e. The molecule has 2 aliphatic heterocycles. The van der Waals surface area contributed by atoms with Crippen LogP contribution in [0.2, 0.25) is 0 Å². The molecule has 0 aromatic heterocycles. The molecule has 0 amide bonds. The Bertz CT molecular complexity index is 1350. The van der Waals surface area contributed by atoms with Crippen molar-refractivity contribution in [2.75, 3.05) is 19.8 Å². The molecule has 2 aliphatic rings. The van der Waals surface area contributed by atoms with E-state index in [2.05, 4.69) is 87.5 Å². The van der Waals surface area contributed by atoms with Crippen LogP contribution in [-0.2, 0) is 24.4 Å². The van der Waals surface area contributed by atoms with E-state index in [1.54, 1.807) is 0 Å². The van der Waals surface area contributed by atoms with E-state index in [1.165, 1.54) is 11.1 Å². The molecule has 2 fully saturated rings. The first-order chi connectivity index (χ1) is 21.0. The van der Waals surface area contributed by atoms with Crippen molar-refractivity contribution < 1.29 is 24.1 Å². The van der Waals surface area contributed by atoms with E-state index in [9.17, 15) is 9.90 Å². The van der Waals surface area contributed by atoms with Gasteiger partial charge < -0.3 is 19.3 Å². The van der Waals surface area contributed by atoms with E-state index in [-0.39, 0.29) is 27.3 Å². The maximum atomic E-state index is 12.9. The summed E-state index contributed by atoms with van der Waals surface area (Å²) in [4.78, 5) is 12.9. The zero-order valence-electron chi connectivity index (χ0n) is 26.9. The van der Waals surface area contributed by atoms with Crippen molar-refractivity contribution in [2.24, 2.45) is 5.41 Å². The van der Waals surface area contributed by atoms with Gasteiger partial charge in [0.1, 0.15) is 12.4 Å². The predicted molar refractivity (Wildman–Crippen MR) is 178 cm³/mol. The molecule has 2 heterocycles. The molecule has 3 aromatic carbocycles. The quantitative estimate of drug-likeness (QED) is 0.229. The highest BCUT2D eigenvalue weighted by Gasteiger charge is 2.50. The van der Waals surface area contributed by atoms with Crippen LogP contribution in [0.5, 0.6) is 5.75 Å². The number of hydrogen-bond acceptors (Lipinski definition) is 6. The Kier molecular flexibility index (Phi) is 10.1. The minimum Gasteiger partial charge on any atom is -0.507 e. The van der Waals surface area contributed by atoms with Crippen LogP contribution < -0.4 is 0 Å². The van der Waals surface area contributed by atoms with Crippen LogP contribution in [0.3, 0.4) is 0 Å². The van der Waals surface area contributed by atoms with Crippen molar-refractivity contribution in [3.05, 3.63) is 101 Å². The second kappa shape index (κ2) is 13.7. The number of ether oxygens (including phenoxy) is 3. The predicted octanol–water partition coefficient (Wildman–Crippen LogP) is 9.15. The fourth-order valence-corrected chi connectivity index (χ4v) is 8.27. The first-order valence-electron chi connectivity index (χ1n) is 16.0. The van der Waals surface area contributed by atoms with E-state index < -0.39 is 5.79 Å². The van der Waals surface area contributed by atoms with Gasteiger partial charge in [0.25, 0.3) is 0 Å². The van der Waals surface area contributed by atoms with Gasteiger partial charge >= 0.3 is 5.97 Å². The molecule has 44 heavy (non-hydrogen) atoms. The van der Waals surface area contributed by atoms with E-state index in [4.69, 9.17) is 14.2 Å². The summed E-state index contributed by atoms with van der Waals surface area (Å²) >= 11 is 1.99. The summed E-state index contributed by atoms with van der Waals surface area (Å²) in [5, 5.41) is 11.2. The zero-order chi connectivity index (χ0) is 31.4.